The topological polar surface area (TPSA) is 71.5 Å². The van der Waals surface area contributed by atoms with Gasteiger partial charge in [0.1, 0.15) is 17.2 Å². The Bertz CT molecular complexity index is 939. The Hall–Kier alpha value is -3.22. The molecule has 7 heteroatoms. The summed E-state index contributed by atoms with van der Waals surface area (Å²) in [5.41, 5.74) is 1.77. The van der Waals surface area contributed by atoms with Crippen LogP contribution in [0.2, 0.25) is 0 Å². The Kier molecular flexibility index (Phi) is 6.50. The summed E-state index contributed by atoms with van der Waals surface area (Å²) in [5, 5.41) is 2.73. The fourth-order valence-electron chi connectivity index (χ4n) is 3.05. The van der Waals surface area contributed by atoms with Crippen LogP contribution in [0.25, 0.3) is 6.08 Å². The highest BCUT2D eigenvalue weighted by Crippen LogP contribution is 2.21. The van der Waals surface area contributed by atoms with Crippen molar-refractivity contribution in [1.82, 2.24) is 9.88 Å². The van der Waals surface area contributed by atoms with Gasteiger partial charge in [0, 0.05) is 18.7 Å². The predicted molar refractivity (Wildman–Crippen MR) is 114 cm³/mol. The molecule has 0 aliphatic carbocycles. The number of carbonyl (C=O) groups excluding carboxylic acids is 2. The van der Waals surface area contributed by atoms with Gasteiger partial charge in [0.25, 0.3) is 5.91 Å². The molecule has 0 atom stereocenters. The molecule has 3 rings (SSSR count). The first-order valence-corrected chi connectivity index (χ1v) is 9.91. The highest BCUT2D eigenvalue weighted by atomic mass is 19.1. The molecule has 1 aromatic heterocycles. The molecule has 2 amide bonds. The van der Waals surface area contributed by atoms with Crippen molar-refractivity contribution in [3.8, 4) is 0 Å². The zero-order valence-electron chi connectivity index (χ0n) is 17.4. The number of benzene rings is 1. The van der Waals surface area contributed by atoms with E-state index in [0.29, 0.717) is 24.5 Å². The van der Waals surface area contributed by atoms with E-state index in [0.717, 1.165) is 18.5 Å². The molecular formula is C23H26FN3O3. The van der Waals surface area contributed by atoms with Crippen LogP contribution in [0.1, 0.15) is 49.7 Å². The lowest BCUT2D eigenvalue weighted by Gasteiger charge is -2.31. The highest BCUT2D eigenvalue weighted by molar-refractivity contribution is 6.03. The van der Waals surface area contributed by atoms with E-state index in [1.807, 2.05) is 39.0 Å². The van der Waals surface area contributed by atoms with Gasteiger partial charge in [-0.1, -0.05) is 11.6 Å². The second-order valence-corrected chi connectivity index (χ2v) is 8.18. The molecule has 158 valence electrons. The van der Waals surface area contributed by atoms with Crippen LogP contribution in [-0.4, -0.2) is 40.6 Å². The number of carbonyl (C=O) groups is 2. The van der Waals surface area contributed by atoms with E-state index < -0.39 is 11.4 Å². The molecule has 0 spiro atoms. The minimum atomic E-state index is -0.504. The van der Waals surface area contributed by atoms with Crippen molar-refractivity contribution in [2.24, 2.45) is 0 Å². The van der Waals surface area contributed by atoms with E-state index in [9.17, 15) is 14.0 Å². The number of pyridine rings is 1. The number of ether oxygens (including phenoxy) is 1. The van der Waals surface area contributed by atoms with E-state index in [4.69, 9.17) is 4.74 Å². The first-order chi connectivity index (χ1) is 14.2. The monoisotopic (exact) mass is 411 g/mol. The Labute approximate surface area is 175 Å². The molecule has 0 bridgehead atoms. The standard InChI is InChI=1S/C23H26FN3O3/c1-23(2,3)30-22(29)27-13-11-16(12-14-27)15-19-5-4-6-20(25-19)26-21(28)17-7-9-18(24)10-8-17/h4-10,15H,11-14H2,1-3H3,(H,25,26,28). The normalized spacial score (nSPS) is 14.3. The SMILES string of the molecule is CC(C)(C)OC(=O)N1CCC(=Cc2cccc(NC(=O)c3ccc(F)cc3)n2)CC1. The molecule has 1 aliphatic heterocycles. The minimum absolute atomic E-state index is 0.287. The van der Waals surface area contributed by atoms with Crippen LogP contribution in [-0.2, 0) is 4.74 Å². The summed E-state index contributed by atoms with van der Waals surface area (Å²) in [4.78, 5) is 30.6. The van der Waals surface area contributed by atoms with Crippen molar-refractivity contribution in [2.75, 3.05) is 18.4 Å². The third-order valence-electron chi connectivity index (χ3n) is 4.53. The number of piperidine rings is 1. The van der Waals surface area contributed by atoms with Crippen LogP contribution in [0.3, 0.4) is 0 Å². The fraction of sp³-hybridized carbons (Fsp3) is 0.348. The summed E-state index contributed by atoms with van der Waals surface area (Å²) in [5.74, 6) is -0.321. The van der Waals surface area contributed by atoms with Gasteiger partial charge >= 0.3 is 6.09 Å². The van der Waals surface area contributed by atoms with Crippen LogP contribution >= 0.6 is 0 Å². The highest BCUT2D eigenvalue weighted by Gasteiger charge is 2.24. The first kappa shape index (κ1) is 21.5. The summed E-state index contributed by atoms with van der Waals surface area (Å²) in [6.45, 7) is 6.76. The van der Waals surface area contributed by atoms with Crippen LogP contribution in [0.4, 0.5) is 15.0 Å². The van der Waals surface area contributed by atoms with Crippen LogP contribution < -0.4 is 5.32 Å². The Morgan fingerprint density at radius 1 is 1.10 bits per heavy atom. The second-order valence-electron chi connectivity index (χ2n) is 8.18. The maximum absolute atomic E-state index is 13.0. The molecule has 1 N–H and O–H groups in total. The van der Waals surface area contributed by atoms with Gasteiger partial charge in [-0.15, -0.1) is 0 Å². The van der Waals surface area contributed by atoms with Gasteiger partial charge in [-0.05, 0) is 76.1 Å². The number of anilines is 1. The van der Waals surface area contributed by atoms with E-state index >= 15 is 0 Å². The lowest BCUT2D eigenvalue weighted by atomic mass is 10.0. The molecule has 6 nitrogen and oxygen atoms in total. The first-order valence-electron chi connectivity index (χ1n) is 9.91. The molecule has 0 unspecified atom stereocenters. The van der Waals surface area contributed by atoms with Crippen LogP contribution in [0, 0.1) is 5.82 Å². The van der Waals surface area contributed by atoms with E-state index in [1.165, 1.54) is 29.8 Å². The smallest absolute Gasteiger partial charge is 0.410 e. The van der Waals surface area contributed by atoms with Crippen molar-refractivity contribution in [1.29, 1.82) is 0 Å². The molecule has 1 aliphatic rings. The molecule has 30 heavy (non-hydrogen) atoms. The third-order valence-corrected chi connectivity index (χ3v) is 4.53. The van der Waals surface area contributed by atoms with E-state index in [1.54, 1.807) is 11.0 Å². The molecule has 1 aromatic carbocycles. The summed E-state index contributed by atoms with van der Waals surface area (Å²) in [6, 6.07) is 10.7. The molecule has 0 saturated carbocycles. The molecule has 0 radical (unpaired) electrons. The second kappa shape index (κ2) is 9.07. The number of amides is 2. The van der Waals surface area contributed by atoms with Gasteiger partial charge in [-0.3, -0.25) is 4.79 Å². The third kappa shape index (κ3) is 6.14. The molecular weight excluding hydrogens is 385 g/mol. The van der Waals surface area contributed by atoms with E-state index in [2.05, 4.69) is 10.3 Å². The summed E-state index contributed by atoms with van der Waals surface area (Å²) in [6.07, 6.45) is 3.19. The number of nitrogens with one attached hydrogen (secondary N) is 1. The molecule has 1 fully saturated rings. The largest absolute Gasteiger partial charge is 0.444 e. The lowest BCUT2D eigenvalue weighted by Crippen LogP contribution is -2.40. The maximum atomic E-state index is 13.0. The predicted octanol–water partition coefficient (Wildman–Crippen LogP) is 4.89. The lowest BCUT2D eigenvalue weighted by molar-refractivity contribution is 0.0236. The Morgan fingerprint density at radius 2 is 1.77 bits per heavy atom. The van der Waals surface area contributed by atoms with Crippen molar-refractivity contribution in [2.45, 2.75) is 39.2 Å². The fourth-order valence-corrected chi connectivity index (χ4v) is 3.05. The summed E-state index contributed by atoms with van der Waals surface area (Å²) in [7, 11) is 0. The number of aromatic nitrogens is 1. The van der Waals surface area contributed by atoms with Gasteiger partial charge in [-0.2, -0.15) is 0 Å². The molecule has 1 saturated heterocycles. The van der Waals surface area contributed by atoms with Crippen molar-refractivity contribution >= 4 is 23.9 Å². The average molecular weight is 411 g/mol. The van der Waals surface area contributed by atoms with Crippen molar-refractivity contribution in [3.05, 3.63) is 65.1 Å². The van der Waals surface area contributed by atoms with Gasteiger partial charge in [0.2, 0.25) is 0 Å². The number of likely N-dealkylation sites (tertiary alicyclic amines) is 1. The Balaban J connectivity index is 1.60. The number of halogens is 1. The van der Waals surface area contributed by atoms with E-state index in [-0.39, 0.29) is 12.0 Å². The van der Waals surface area contributed by atoms with Gasteiger partial charge in [0.15, 0.2) is 0 Å². The van der Waals surface area contributed by atoms with Crippen molar-refractivity contribution < 1.29 is 18.7 Å². The quantitative estimate of drug-likeness (QED) is 0.781. The van der Waals surface area contributed by atoms with Gasteiger partial charge < -0.3 is 15.0 Å². The average Bonchev–Trinajstić information content (AvgIpc) is 2.68. The maximum Gasteiger partial charge on any atom is 0.410 e. The number of rotatable bonds is 3. The van der Waals surface area contributed by atoms with Gasteiger partial charge in [-0.25, -0.2) is 14.2 Å². The van der Waals surface area contributed by atoms with Crippen molar-refractivity contribution in [3.63, 3.8) is 0 Å². The van der Waals surface area contributed by atoms with Gasteiger partial charge in [0.05, 0.1) is 5.69 Å². The van der Waals surface area contributed by atoms with Crippen LogP contribution in [0.5, 0.6) is 0 Å². The zero-order valence-corrected chi connectivity index (χ0v) is 17.4. The van der Waals surface area contributed by atoms with Crippen LogP contribution in [0.15, 0.2) is 48.0 Å². The summed E-state index contributed by atoms with van der Waals surface area (Å²) >= 11 is 0. The number of nitrogens with zero attached hydrogens (tertiary/aromatic N) is 2. The number of hydrogen-bond acceptors (Lipinski definition) is 4. The number of hydrogen-bond donors (Lipinski definition) is 1. The summed E-state index contributed by atoms with van der Waals surface area (Å²) < 4.78 is 18.4. The molecule has 2 heterocycles. The molecule has 2 aromatic rings. The Morgan fingerprint density at radius 3 is 2.40 bits per heavy atom. The zero-order chi connectivity index (χ0) is 21.7. The minimum Gasteiger partial charge on any atom is -0.444 e.